The summed E-state index contributed by atoms with van der Waals surface area (Å²) < 4.78 is 5.13. The lowest BCUT2D eigenvalue weighted by Gasteiger charge is -2.26. The van der Waals surface area contributed by atoms with Crippen molar-refractivity contribution in [2.45, 2.75) is 12.3 Å². The third-order valence-electron chi connectivity index (χ3n) is 4.25. The molecule has 0 bridgehead atoms. The molecule has 1 aromatic carbocycles. The first-order valence-electron chi connectivity index (χ1n) is 8.01. The Labute approximate surface area is 145 Å². The monoisotopic (exact) mass is 341 g/mol. The number of nitrogens with two attached hydrogens (primary N) is 1. The minimum Gasteiger partial charge on any atom is -0.383 e. The molecule has 6 heteroatoms. The molecule has 0 aliphatic carbocycles. The smallest absolute Gasteiger partial charge is 0.231 e. The van der Waals surface area contributed by atoms with Crippen LogP contribution in [0.2, 0.25) is 0 Å². The first kappa shape index (κ1) is 19.9. The van der Waals surface area contributed by atoms with E-state index in [1.54, 1.807) is 7.11 Å². The largest absolute Gasteiger partial charge is 0.383 e. The van der Waals surface area contributed by atoms with Gasteiger partial charge < -0.3 is 15.4 Å². The van der Waals surface area contributed by atoms with Gasteiger partial charge in [0.05, 0.1) is 12.5 Å². The summed E-state index contributed by atoms with van der Waals surface area (Å²) in [4.78, 5) is 17.1. The van der Waals surface area contributed by atoms with Crippen molar-refractivity contribution in [3.63, 3.8) is 0 Å². The van der Waals surface area contributed by atoms with Crippen molar-refractivity contribution in [3.8, 4) is 0 Å². The Kier molecular flexibility index (Phi) is 9.17. The minimum atomic E-state index is -0.230. The Balaban J connectivity index is 0.00000264. The lowest BCUT2D eigenvalue weighted by atomic mass is 9.97. The van der Waals surface area contributed by atoms with Gasteiger partial charge in [-0.15, -0.1) is 12.4 Å². The first-order valence-corrected chi connectivity index (χ1v) is 8.01. The zero-order valence-corrected chi connectivity index (χ0v) is 14.6. The highest BCUT2D eigenvalue weighted by Gasteiger charge is 2.26. The first-order chi connectivity index (χ1) is 10.8. The fraction of sp³-hybridized carbons (Fsp3) is 0.588. The lowest BCUT2D eigenvalue weighted by molar-refractivity contribution is -0.132. The second-order valence-corrected chi connectivity index (χ2v) is 5.71. The van der Waals surface area contributed by atoms with Gasteiger partial charge in [0.15, 0.2) is 0 Å². The maximum atomic E-state index is 12.8. The predicted octanol–water partition coefficient (Wildman–Crippen LogP) is 1.33. The molecule has 23 heavy (non-hydrogen) atoms. The molecule has 0 aromatic heterocycles. The zero-order chi connectivity index (χ0) is 15.8. The van der Waals surface area contributed by atoms with Crippen molar-refractivity contribution in [2.75, 3.05) is 53.0 Å². The van der Waals surface area contributed by atoms with Gasteiger partial charge in [0.1, 0.15) is 0 Å². The van der Waals surface area contributed by atoms with Crippen LogP contribution in [0.1, 0.15) is 17.9 Å². The second-order valence-electron chi connectivity index (χ2n) is 5.71. The van der Waals surface area contributed by atoms with Crippen LogP contribution in [-0.2, 0) is 9.53 Å². The third-order valence-corrected chi connectivity index (χ3v) is 4.25. The number of ether oxygens (including phenoxy) is 1. The Bertz CT molecular complexity index is 458. The Morgan fingerprint density at radius 2 is 1.96 bits per heavy atom. The highest BCUT2D eigenvalue weighted by atomic mass is 35.5. The van der Waals surface area contributed by atoms with Crippen LogP contribution in [0.5, 0.6) is 0 Å². The summed E-state index contributed by atoms with van der Waals surface area (Å²) in [5.74, 6) is -0.0750. The molecule has 1 aromatic rings. The normalized spacial score (nSPS) is 17.2. The SMILES string of the molecule is COCCN1CCCN(C(=O)C(CN)c2ccccc2)CC1.Cl. The van der Waals surface area contributed by atoms with Crippen LogP contribution in [0.3, 0.4) is 0 Å². The fourth-order valence-corrected chi connectivity index (χ4v) is 2.92. The molecule has 1 fully saturated rings. The van der Waals surface area contributed by atoms with Gasteiger partial charge in [-0.05, 0) is 18.5 Å². The van der Waals surface area contributed by atoms with Gasteiger partial charge in [0.2, 0.25) is 5.91 Å². The molecule has 2 rings (SSSR count). The van der Waals surface area contributed by atoms with Gasteiger partial charge in [-0.25, -0.2) is 0 Å². The van der Waals surface area contributed by atoms with Gasteiger partial charge in [-0.2, -0.15) is 0 Å². The number of rotatable bonds is 6. The summed E-state index contributed by atoms with van der Waals surface area (Å²) in [5, 5.41) is 0. The average Bonchev–Trinajstić information content (AvgIpc) is 2.80. The van der Waals surface area contributed by atoms with E-state index in [0.717, 1.165) is 51.3 Å². The molecule has 1 atom stereocenters. The van der Waals surface area contributed by atoms with Gasteiger partial charge >= 0.3 is 0 Å². The topological polar surface area (TPSA) is 58.8 Å². The van der Waals surface area contributed by atoms with Gasteiger partial charge in [0, 0.05) is 39.8 Å². The van der Waals surface area contributed by atoms with Crippen LogP contribution in [0, 0.1) is 0 Å². The zero-order valence-electron chi connectivity index (χ0n) is 13.8. The molecule has 1 amide bonds. The van der Waals surface area contributed by atoms with Gasteiger partial charge in [-0.3, -0.25) is 9.69 Å². The number of hydrogen-bond donors (Lipinski definition) is 1. The molecule has 130 valence electrons. The summed E-state index contributed by atoms with van der Waals surface area (Å²) in [6, 6.07) is 9.85. The molecule has 0 spiro atoms. The van der Waals surface area contributed by atoms with E-state index in [9.17, 15) is 4.79 Å². The van der Waals surface area contributed by atoms with Crippen LogP contribution in [0.15, 0.2) is 30.3 Å². The lowest BCUT2D eigenvalue weighted by Crippen LogP contribution is -2.40. The number of halogens is 1. The van der Waals surface area contributed by atoms with Gasteiger partial charge in [0.25, 0.3) is 0 Å². The molecule has 2 N–H and O–H groups in total. The van der Waals surface area contributed by atoms with Crippen LogP contribution in [0.4, 0.5) is 0 Å². The molecule has 5 nitrogen and oxygen atoms in total. The number of hydrogen-bond acceptors (Lipinski definition) is 4. The van der Waals surface area contributed by atoms with Crippen molar-refractivity contribution in [3.05, 3.63) is 35.9 Å². The average molecular weight is 342 g/mol. The summed E-state index contributed by atoms with van der Waals surface area (Å²) >= 11 is 0. The highest BCUT2D eigenvalue weighted by Crippen LogP contribution is 2.18. The van der Waals surface area contributed by atoms with Crippen LogP contribution in [0.25, 0.3) is 0 Å². The number of carbonyl (C=O) groups excluding carboxylic acids is 1. The molecular formula is C17H28ClN3O2. The van der Waals surface area contributed by atoms with Crippen molar-refractivity contribution in [1.29, 1.82) is 0 Å². The van der Waals surface area contributed by atoms with E-state index in [2.05, 4.69) is 4.90 Å². The molecule has 1 heterocycles. The molecule has 1 saturated heterocycles. The van der Waals surface area contributed by atoms with Crippen molar-refractivity contribution in [1.82, 2.24) is 9.80 Å². The van der Waals surface area contributed by atoms with E-state index in [1.807, 2.05) is 35.2 Å². The van der Waals surface area contributed by atoms with Crippen molar-refractivity contribution < 1.29 is 9.53 Å². The summed E-state index contributed by atoms with van der Waals surface area (Å²) in [6.07, 6.45) is 1.00. The fourth-order valence-electron chi connectivity index (χ4n) is 2.92. The summed E-state index contributed by atoms with van der Waals surface area (Å²) in [7, 11) is 1.72. The third kappa shape index (κ3) is 5.77. The Morgan fingerprint density at radius 3 is 2.61 bits per heavy atom. The summed E-state index contributed by atoms with van der Waals surface area (Å²) in [6.45, 7) is 5.53. The number of benzene rings is 1. The van der Waals surface area contributed by atoms with Gasteiger partial charge in [-0.1, -0.05) is 30.3 Å². The number of carbonyl (C=O) groups is 1. The van der Waals surface area contributed by atoms with Crippen LogP contribution < -0.4 is 5.73 Å². The van der Waals surface area contributed by atoms with Crippen LogP contribution >= 0.6 is 12.4 Å². The molecule has 0 radical (unpaired) electrons. The predicted molar refractivity (Wildman–Crippen MR) is 95.0 cm³/mol. The Morgan fingerprint density at radius 1 is 1.22 bits per heavy atom. The van der Waals surface area contributed by atoms with E-state index < -0.39 is 0 Å². The van der Waals surface area contributed by atoms with Crippen molar-refractivity contribution >= 4 is 18.3 Å². The maximum Gasteiger partial charge on any atom is 0.231 e. The maximum absolute atomic E-state index is 12.8. The molecule has 1 unspecified atom stereocenters. The van der Waals surface area contributed by atoms with E-state index in [1.165, 1.54) is 0 Å². The quantitative estimate of drug-likeness (QED) is 0.848. The van der Waals surface area contributed by atoms with Crippen molar-refractivity contribution in [2.24, 2.45) is 5.73 Å². The molecular weight excluding hydrogens is 314 g/mol. The Hall–Kier alpha value is -1.14. The van der Waals surface area contributed by atoms with E-state index in [0.29, 0.717) is 6.54 Å². The summed E-state index contributed by atoms with van der Waals surface area (Å²) in [5.41, 5.74) is 6.88. The standard InChI is InChI=1S/C17H27N3O2.ClH/c1-22-13-12-19-8-5-9-20(11-10-19)17(21)16(14-18)15-6-3-2-4-7-15;/h2-4,6-7,16H,5,8-14,18H2,1H3;1H. The highest BCUT2D eigenvalue weighted by molar-refractivity contribution is 5.85. The number of methoxy groups -OCH3 is 1. The molecule has 0 saturated carbocycles. The molecule has 1 aliphatic heterocycles. The van der Waals surface area contributed by atoms with E-state index >= 15 is 0 Å². The van der Waals surface area contributed by atoms with E-state index in [-0.39, 0.29) is 24.2 Å². The van der Waals surface area contributed by atoms with Crippen LogP contribution in [-0.4, -0.2) is 68.7 Å². The minimum absolute atomic E-state index is 0. The van der Waals surface area contributed by atoms with E-state index in [4.69, 9.17) is 10.5 Å². The molecule has 1 aliphatic rings. The second kappa shape index (κ2) is 10.6. The number of nitrogens with zero attached hydrogens (tertiary/aromatic N) is 2. The number of amides is 1.